The quantitative estimate of drug-likeness (QED) is 0.822. The van der Waals surface area contributed by atoms with Crippen molar-refractivity contribution in [1.29, 1.82) is 0 Å². The number of anilines is 1. The zero-order chi connectivity index (χ0) is 12.1. The first-order valence-corrected chi connectivity index (χ1v) is 6.44. The van der Waals surface area contributed by atoms with Gasteiger partial charge in [0.25, 0.3) is 0 Å². The number of hydrogen-bond donors (Lipinski definition) is 1. The highest BCUT2D eigenvalue weighted by Gasteiger charge is 2.16. The van der Waals surface area contributed by atoms with E-state index >= 15 is 0 Å². The highest BCUT2D eigenvalue weighted by atomic mass is 32.1. The molecule has 0 bridgehead atoms. The van der Waals surface area contributed by atoms with Gasteiger partial charge in [-0.15, -0.1) is 12.6 Å². The SMILES string of the molecule is O=C(S)CCN1CCN(c2ccccc2)CC1. The molecule has 0 aliphatic carbocycles. The predicted octanol–water partition coefficient (Wildman–Crippen LogP) is 1.66. The van der Waals surface area contributed by atoms with Crippen LogP contribution in [0.15, 0.2) is 30.3 Å². The van der Waals surface area contributed by atoms with Crippen molar-refractivity contribution in [3.8, 4) is 0 Å². The zero-order valence-electron chi connectivity index (χ0n) is 9.88. The molecule has 0 atom stereocenters. The Hall–Kier alpha value is -1.00. The molecule has 0 radical (unpaired) electrons. The standard InChI is InChI=1S/C13H18N2OS/c16-13(17)6-7-14-8-10-15(11-9-14)12-4-2-1-3-5-12/h1-5H,6-11H2,(H,16,17). The molecule has 0 saturated carbocycles. The lowest BCUT2D eigenvalue weighted by molar-refractivity contribution is -0.111. The number of carbonyl (C=O) groups is 1. The van der Waals surface area contributed by atoms with Gasteiger partial charge in [0.15, 0.2) is 5.12 Å². The summed E-state index contributed by atoms with van der Waals surface area (Å²) in [5.41, 5.74) is 1.29. The van der Waals surface area contributed by atoms with Crippen LogP contribution < -0.4 is 4.90 Å². The first-order valence-electron chi connectivity index (χ1n) is 6.00. The summed E-state index contributed by atoms with van der Waals surface area (Å²) < 4.78 is 0. The van der Waals surface area contributed by atoms with Gasteiger partial charge in [-0.25, -0.2) is 0 Å². The molecule has 1 saturated heterocycles. The van der Waals surface area contributed by atoms with E-state index in [-0.39, 0.29) is 5.12 Å². The Morgan fingerprint density at radius 1 is 1.12 bits per heavy atom. The van der Waals surface area contributed by atoms with Gasteiger partial charge >= 0.3 is 0 Å². The molecule has 92 valence electrons. The average molecular weight is 250 g/mol. The third kappa shape index (κ3) is 3.75. The fourth-order valence-corrected chi connectivity index (χ4v) is 2.22. The number of hydrogen-bond acceptors (Lipinski definition) is 3. The Kier molecular flexibility index (Phi) is 4.45. The van der Waals surface area contributed by atoms with Gasteiger partial charge in [0.1, 0.15) is 0 Å². The number of carbonyl (C=O) groups excluding carboxylic acids is 1. The van der Waals surface area contributed by atoms with Crippen molar-refractivity contribution in [3.05, 3.63) is 30.3 Å². The Bertz CT molecular complexity index is 361. The van der Waals surface area contributed by atoms with E-state index < -0.39 is 0 Å². The monoisotopic (exact) mass is 250 g/mol. The third-order valence-electron chi connectivity index (χ3n) is 3.14. The minimum atomic E-state index is -0.0181. The van der Waals surface area contributed by atoms with Gasteiger partial charge in [-0.3, -0.25) is 9.69 Å². The lowest BCUT2D eigenvalue weighted by Gasteiger charge is -2.35. The van der Waals surface area contributed by atoms with Gasteiger partial charge < -0.3 is 4.90 Å². The van der Waals surface area contributed by atoms with Crippen LogP contribution >= 0.6 is 12.6 Å². The van der Waals surface area contributed by atoms with Crippen LogP contribution in [0, 0.1) is 0 Å². The number of rotatable bonds is 4. The molecule has 1 aromatic carbocycles. The predicted molar refractivity (Wildman–Crippen MR) is 73.7 cm³/mol. The molecule has 1 aliphatic rings. The molecule has 1 heterocycles. The van der Waals surface area contributed by atoms with Crippen molar-refractivity contribution in [2.75, 3.05) is 37.6 Å². The first-order chi connectivity index (χ1) is 8.25. The summed E-state index contributed by atoms with van der Waals surface area (Å²) in [7, 11) is 0. The summed E-state index contributed by atoms with van der Waals surface area (Å²) in [4.78, 5) is 15.5. The van der Waals surface area contributed by atoms with Crippen LogP contribution in [0.25, 0.3) is 0 Å². The largest absolute Gasteiger partial charge is 0.369 e. The fraction of sp³-hybridized carbons (Fsp3) is 0.462. The van der Waals surface area contributed by atoms with Crippen LogP contribution in [0.2, 0.25) is 0 Å². The summed E-state index contributed by atoms with van der Waals surface area (Å²) in [6.45, 7) is 4.95. The minimum absolute atomic E-state index is 0.0181. The van der Waals surface area contributed by atoms with Crippen LogP contribution in [0.1, 0.15) is 6.42 Å². The highest BCUT2D eigenvalue weighted by Crippen LogP contribution is 2.15. The summed E-state index contributed by atoms with van der Waals surface area (Å²) in [5.74, 6) is 0. The van der Waals surface area contributed by atoms with Gasteiger partial charge in [0.05, 0.1) is 0 Å². The third-order valence-corrected chi connectivity index (χ3v) is 3.36. The van der Waals surface area contributed by atoms with E-state index in [4.69, 9.17) is 0 Å². The van der Waals surface area contributed by atoms with Gasteiger partial charge in [-0.2, -0.15) is 0 Å². The number of nitrogens with zero attached hydrogens (tertiary/aromatic N) is 2. The second kappa shape index (κ2) is 6.07. The first kappa shape index (κ1) is 12.5. The average Bonchev–Trinajstić information content (AvgIpc) is 2.38. The second-order valence-corrected chi connectivity index (χ2v) is 4.81. The van der Waals surface area contributed by atoms with Crippen molar-refractivity contribution >= 4 is 23.4 Å². The molecule has 0 amide bonds. The summed E-state index contributed by atoms with van der Waals surface area (Å²) in [6.07, 6.45) is 0.550. The summed E-state index contributed by atoms with van der Waals surface area (Å²) in [6, 6.07) is 10.5. The van der Waals surface area contributed by atoms with E-state index in [9.17, 15) is 4.79 Å². The molecule has 0 N–H and O–H groups in total. The summed E-state index contributed by atoms with van der Waals surface area (Å²) >= 11 is 3.80. The van der Waals surface area contributed by atoms with Gasteiger partial charge in [-0.1, -0.05) is 18.2 Å². The van der Waals surface area contributed by atoms with Crippen LogP contribution in [0.5, 0.6) is 0 Å². The molecule has 4 heteroatoms. The molecular weight excluding hydrogens is 232 g/mol. The van der Waals surface area contributed by atoms with Crippen LogP contribution in [-0.4, -0.2) is 42.7 Å². The maximum absolute atomic E-state index is 10.8. The summed E-state index contributed by atoms with van der Waals surface area (Å²) in [5, 5.41) is -0.0181. The van der Waals surface area contributed by atoms with Crippen molar-refractivity contribution in [1.82, 2.24) is 4.90 Å². The number of piperazine rings is 1. The van der Waals surface area contributed by atoms with Crippen molar-refractivity contribution in [2.24, 2.45) is 0 Å². The van der Waals surface area contributed by atoms with Crippen LogP contribution in [-0.2, 0) is 4.79 Å². The molecule has 0 spiro atoms. The molecular formula is C13H18N2OS. The molecule has 1 fully saturated rings. The zero-order valence-corrected chi connectivity index (χ0v) is 10.8. The number of para-hydroxylation sites is 1. The van der Waals surface area contributed by atoms with E-state index in [0.717, 1.165) is 32.7 Å². The van der Waals surface area contributed by atoms with E-state index in [1.165, 1.54) is 5.69 Å². The lowest BCUT2D eigenvalue weighted by Crippen LogP contribution is -2.46. The van der Waals surface area contributed by atoms with Crippen molar-refractivity contribution < 1.29 is 4.79 Å². The number of benzene rings is 1. The molecule has 3 nitrogen and oxygen atoms in total. The van der Waals surface area contributed by atoms with E-state index in [0.29, 0.717) is 6.42 Å². The fourth-order valence-electron chi connectivity index (χ4n) is 2.12. The Labute approximate surface area is 108 Å². The second-order valence-electron chi connectivity index (χ2n) is 4.31. The number of thiol groups is 1. The topological polar surface area (TPSA) is 23.6 Å². The molecule has 0 aromatic heterocycles. The van der Waals surface area contributed by atoms with Crippen molar-refractivity contribution in [3.63, 3.8) is 0 Å². The van der Waals surface area contributed by atoms with E-state index in [1.54, 1.807) is 0 Å². The Morgan fingerprint density at radius 3 is 2.35 bits per heavy atom. The van der Waals surface area contributed by atoms with E-state index in [2.05, 4.69) is 46.7 Å². The normalized spacial score (nSPS) is 17.1. The smallest absolute Gasteiger partial charge is 0.187 e. The maximum Gasteiger partial charge on any atom is 0.187 e. The molecule has 2 rings (SSSR count). The van der Waals surface area contributed by atoms with Crippen molar-refractivity contribution in [2.45, 2.75) is 6.42 Å². The molecule has 17 heavy (non-hydrogen) atoms. The highest BCUT2D eigenvalue weighted by molar-refractivity contribution is 7.96. The van der Waals surface area contributed by atoms with Gasteiger partial charge in [0.2, 0.25) is 0 Å². The lowest BCUT2D eigenvalue weighted by atomic mass is 10.2. The van der Waals surface area contributed by atoms with Crippen LogP contribution in [0.3, 0.4) is 0 Å². The maximum atomic E-state index is 10.8. The molecule has 0 unspecified atom stereocenters. The Morgan fingerprint density at radius 2 is 1.76 bits per heavy atom. The van der Waals surface area contributed by atoms with Gasteiger partial charge in [0, 0.05) is 44.8 Å². The van der Waals surface area contributed by atoms with Gasteiger partial charge in [-0.05, 0) is 12.1 Å². The van der Waals surface area contributed by atoms with Crippen LogP contribution in [0.4, 0.5) is 5.69 Å². The minimum Gasteiger partial charge on any atom is -0.369 e. The molecule has 1 aromatic rings. The Balaban J connectivity index is 1.80. The van der Waals surface area contributed by atoms with E-state index in [1.807, 2.05) is 6.07 Å². The molecule has 1 aliphatic heterocycles.